The highest BCUT2D eigenvalue weighted by Gasteiger charge is 2.45. The van der Waals surface area contributed by atoms with E-state index in [4.69, 9.17) is 22.8 Å². The molecule has 106 valence electrons. The van der Waals surface area contributed by atoms with Crippen molar-refractivity contribution in [3.05, 3.63) is 12.2 Å². The van der Waals surface area contributed by atoms with Crippen LogP contribution in [0.25, 0.3) is 0 Å². The lowest BCUT2D eigenvalue weighted by atomic mass is 10.4. The maximum Gasteiger partial charge on any atom is 0.530 e. The maximum atomic E-state index is 11.1. The smallest absolute Gasteiger partial charge is 0.460 e. The minimum Gasteiger partial charge on any atom is -0.460 e. The van der Waals surface area contributed by atoms with Crippen molar-refractivity contribution in [2.45, 2.75) is 19.6 Å². The van der Waals surface area contributed by atoms with E-state index in [-0.39, 0.29) is 18.9 Å². The normalized spacial score (nSPS) is 13.2. The lowest BCUT2D eigenvalue weighted by Crippen LogP contribution is -2.54. The zero-order chi connectivity index (χ0) is 14.2. The van der Waals surface area contributed by atoms with Gasteiger partial charge in [-0.2, -0.15) is 0 Å². The van der Waals surface area contributed by atoms with Crippen LogP contribution < -0.4 is 0 Å². The van der Waals surface area contributed by atoms with Crippen LogP contribution in [0.4, 0.5) is 0 Å². The van der Waals surface area contributed by atoms with Gasteiger partial charge < -0.3 is 22.8 Å². The first-order valence-corrected chi connectivity index (χ1v) is 7.33. The first-order chi connectivity index (χ1) is 8.43. The zero-order valence-corrected chi connectivity index (χ0v) is 12.6. The van der Waals surface area contributed by atoms with Crippen molar-refractivity contribution in [2.75, 3.05) is 34.5 Å². The highest BCUT2D eigenvalue weighted by molar-refractivity contribution is 6.61. The van der Waals surface area contributed by atoms with Crippen LogP contribution >= 0.6 is 0 Å². The second kappa shape index (κ2) is 8.38. The van der Waals surface area contributed by atoms with Crippen LogP contribution in [0.5, 0.6) is 0 Å². The van der Waals surface area contributed by atoms with E-state index in [1.54, 1.807) is 13.8 Å². The Hall–Kier alpha value is -0.733. The monoisotopic (exact) mass is 278 g/mol. The third-order valence-corrected chi connectivity index (χ3v) is 5.25. The van der Waals surface area contributed by atoms with E-state index >= 15 is 0 Å². The Morgan fingerprint density at radius 3 is 2.06 bits per heavy atom. The molecule has 1 unspecified atom stereocenters. The van der Waals surface area contributed by atoms with Gasteiger partial charge in [0.15, 0.2) is 0 Å². The van der Waals surface area contributed by atoms with Crippen molar-refractivity contribution in [2.24, 2.45) is 0 Å². The van der Waals surface area contributed by atoms with Gasteiger partial charge in [-0.15, -0.1) is 0 Å². The summed E-state index contributed by atoms with van der Waals surface area (Å²) < 4.78 is 26.2. The summed E-state index contributed by atoms with van der Waals surface area (Å²) in [4.78, 5) is 11.1. The molecule has 0 aromatic rings. The Bertz CT molecular complexity index is 268. The van der Waals surface area contributed by atoms with Gasteiger partial charge in [-0.25, -0.2) is 4.79 Å². The standard InChI is InChI=1S/C11H22O6Si/c1-9(2)11(12)17-8-7-16-10(3)18(13-4,14-5)15-6/h10H,1,7-8H2,2-6H3. The molecule has 0 rings (SSSR count). The molecule has 0 aliphatic carbocycles. The van der Waals surface area contributed by atoms with E-state index in [2.05, 4.69) is 6.58 Å². The van der Waals surface area contributed by atoms with Gasteiger partial charge in [0.2, 0.25) is 0 Å². The molecule has 0 aliphatic heterocycles. The fourth-order valence-corrected chi connectivity index (χ4v) is 3.15. The van der Waals surface area contributed by atoms with E-state index in [1.165, 1.54) is 21.3 Å². The molecule has 0 radical (unpaired) electrons. The predicted octanol–water partition coefficient (Wildman–Crippen LogP) is 0.928. The van der Waals surface area contributed by atoms with Crippen LogP contribution in [0.2, 0.25) is 0 Å². The van der Waals surface area contributed by atoms with E-state index in [0.29, 0.717) is 5.57 Å². The molecule has 0 spiro atoms. The predicted molar refractivity (Wildman–Crippen MR) is 68.0 cm³/mol. The van der Waals surface area contributed by atoms with Gasteiger partial charge in [-0.3, -0.25) is 0 Å². The summed E-state index contributed by atoms with van der Waals surface area (Å²) >= 11 is 0. The fourth-order valence-electron chi connectivity index (χ4n) is 1.33. The quantitative estimate of drug-likeness (QED) is 0.270. The minimum atomic E-state index is -2.80. The molecule has 0 aliphatic rings. The lowest BCUT2D eigenvalue weighted by molar-refractivity contribution is -0.140. The molecule has 0 aromatic heterocycles. The molecule has 0 saturated heterocycles. The van der Waals surface area contributed by atoms with Gasteiger partial charge in [0.05, 0.1) is 6.61 Å². The minimum absolute atomic E-state index is 0.150. The van der Waals surface area contributed by atoms with Crippen LogP contribution in [-0.2, 0) is 27.5 Å². The molecule has 0 heterocycles. The molecule has 1 atom stereocenters. The van der Waals surface area contributed by atoms with Gasteiger partial charge in [0.25, 0.3) is 0 Å². The van der Waals surface area contributed by atoms with Crippen LogP contribution in [0.1, 0.15) is 13.8 Å². The maximum absolute atomic E-state index is 11.1. The number of hydrogen-bond acceptors (Lipinski definition) is 6. The molecule has 7 heteroatoms. The Kier molecular flexibility index (Phi) is 8.04. The number of carbonyl (C=O) groups is 1. The van der Waals surface area contributed by atoms with Crippen molar-refractivity contribution in [3.8, 4) is 0 Å². The first-order valence-electron chi connectivity index (χ1n) is 5.53. The molecule has 0 aromatic carbocycles. The van der Waals surface area contributed by atoms with E-state index in [0.717, 1.165) is 0 Å². The molecular weight excluding hydrogens is 256 g/mol. The Labute approximate surface area is 109 Å². The number of hydrogen-bond donors (Lipinski definition) is 0. The highest BCUT2D eigenvalue weighted by Crippen LogP contribution is 2.14. The molecule has 0 saturated carbocycles. The topological polar surface area (TPSA) is 63.2 Å². The number of esters is 1. The molecule has 0 N–H and O–H groups in total. The summed E-state index contributed by atoms with van der Waals surface area (Å²) in [6.07, 6.45) is 0. The second-order valence-electron chi connectivity index (χ2n) is 3.65. The highest BCUT2D eigenvalue weighted by atomic mass is 28.4. The van der Waals surface area contributed by atoms with Crippen molar-refractivity contribution in [3.63, 3.8) is 0 Å². The zero-order valence-electron chi connectivity index (χ0n) is 11.6. The van der Waals surface area contributed by atoms with Crippen LogP contribution in [0.15, 0.2) is 12.2 Å². The second-order valence-corrected chi connectivity index (χ2v) is 6.89. The molecule has 0 bridgehead atoms. The van der Waals surface area contributed by atoms with Crippen LogP contribution in [0, 0.1) is 0 Å². The Balaban J connectivity index is 4.06. The SMILES string of the molecule is C=C(C)C(=O)OCCOC(C)[Si](OC)(OC)OC. The van der Waals surface area contributed by atoms with Gasteiger partial charge in [-0.05, 0) is 13.8 Å². The van der Waals surface area contributed by atoms with Crippen molar-refractivity contribution in [1.82, 2.24) is 0 Å². The van der Waals surface area contributed by atoms with E-state index in [1.807, 2.05) is 0 Å². The summed E-state index contributed by atoms with van der Waals surface area (Å²) in [6, 6.07) is 0. The average Bonchev–Trinajstić information content (AvgIpc) is 2.37. The van der Waals surface area contributed by atoms with Crippen LogP contribution in [-0.4, -0.2) is 55.0 Å². The van der Waals surface area contributed by atoms with Gasteiger partial charge in [0.1, 0.15) is 12.3 Å². The largest absolute Gasteiger partial charge is 0.530 e. The summed E-state index contributed by atoms with van der Waals surface area (Å²) in [5.74, 6) is -0.431. The molecule has 0 fully saturated rings. The summed E-state index contributed by atoms with van der Waals surface area (Å²) in [7, 11) is 1.74. The van der Waals surface area contributed by atoms with Gasteiger partial charge >= 0.3 is 14.8 Å². The molecule has 6 nitrogen and oxygen atoms in total. The molecular formula is C11H22O6Si. The van der Waals surface area contributed by atoms with Gasteiger partial charge in [0, 0.05) is 26.9 Å². The number of ether oxygens (including phenoxy) is 2. The Morgan fingerprint density at radius 2 is 1.67 bits per heavy atom. The van der Waals surface area contributed by atoms with E-state index in [9.17, 15) is 4.79 Å². The summed E-state index contributed by atoms with van der Waals surface area (Å²) in [5.41, 5.74) is 0.0125. The Morgan fingerprint density at radius 1 is 1.17 bits per heavy atom. The third kappa shape index (κ3) is 4.87. The average molecular weight is 278 g/mol. The first kappa shape index (κ1) is 17.3. The van der Waals surface area contributed by atoms with E-state index < -0.39 is 14.8 Å². The summed E-state index contributed by atoms with van der Waals surface area (Å²) in [5, 5.41) is 0. The molecule has 18 heavy (non-hydrogen) atoms. The van der Waals surface area contributed by atoms with Crippen molar-refractivity contribution in [1.29, 1.82) is 0 Å². The van der Waals surface area contributed by atoms with Crippen LogP contribution in [0.3, 0.4) is 0 Å². The van der Waals surface area contributed by atoms with Gasteiger partial charge in [-0.1, -0.05) is 6.58 Å². The number of rotatable bonds is 9. The molecule has 0 amide bonds. The van der Waals surface area contributed by atoms with Crippen molar-refractivity contribution < 1.29 is 27.5 Å². The summed E-state index contributed by atoms with van der Waals surface area (Å²) in [6.45, 7) is 7.25. The fraction of sp³-hybridized carbons (Fsp3) is 0.727. The third-order valence-electron chi connectivity index (χ3n) is 2.38. The van der Waals surface area contributed by atoms with Crippen molar-refractivity contribution >= 4 is 14.8 Å². The number of carbonyl (C=O) groups excluding carboxylic acids is 1. The lowest BCUT2D eigenvalue weighted by Gasteiger charge is -2.29.